The summed E-state index contributed by atoms with van der Waals surface area (Å²) in [6.07, 6.45) is 1.71. The van der Waals surface area contributed by atoms with Crippen LogP contribution >= 0.6 is 0 Å². The first-order valence-electron chi connectivity index (χ1n) is 6.86. The molecule has 0 fully saturated rings. The van der Waals surface area contributed by atoms with Crippen LogP contribution in [0.2, 0.25) is 0 Å². The van der Waals surface area contributed by atoms with Crippen LogP contribution in [0.15, 0.2) is 24.3 Å². The molecule has 5 nitrogen and oxygen atoms in total. The van der Waals surface area contributed by atoms with Crippen molar-refractivity contribution in [1.29, 1.82) is 0 Å². The third-order valence-electron chi connectivity index (χ3n) is 2.88. The largest absolute Gasteiger partial charge is 0.384 e. The first-order valence-corrected chi connectivity index (χ1v) is 6.86. The van der Waals surface area contributed by atoms with E-state index in [0.29, 0.717) is 17.7 Å². The SMILES string of the molecule is CCCCN(CC(N)=O)C(=O)c1ccccc1C#CCO. The average molecular weight is 288 g/mol. The third kappa shape index (κ3) is 5.28. The van der Waals surface area contributed by atoms with Crippen LogP contribution in [0.1, 0.15) is 35.7 Å². The number of hydrogen-bond donors (Lipinski definition) is 2. The number of unbranched alkanes of at least 4 members (excludes halogenated alkanes) is 1. The Bertz CT molecular complexity index is 558. The molecular weight excluding hydrogens is 268 g/mol. The molecule has 0 radical (unpaired) electrons. The average Bonchev–Trinajstić information content (AvgIpc) is 2.48. The molecule has 1 aromatic rings. The number of nitrogens with zero attached hydrogens (tertiary/aromatic N) is 1. The molecule has 0 aromatic heterocycles. The Morgan fingerprint density at radius 1 is 1.33 bits per heavy atom. The lowest BCUT2D eigenvalue weighted by atomic mass is 10.1. The summed E-state index contributed by atoms with van der Waals surface area (Å²) in [6.45, 7) is 2.09. The topological polar surface area (TPSA) is 83.6 Å². The van der Waals surface area contributed by atoms with Gasteiger partial charge in [0.15, 0.2) is 0 Å². The standard InChI is InChI=1S/C16H20N2O3/c1-2-3-10-18(12-15(17)20)16(21)14-9-5-4-7-13(14)8-6-11-19/h4-5,7,9,19H,2-3,10-12H2,1H3,(H2,17,20). The van der Waals surface area contributed by atoms with Crippen molar-refractivity contribution in [3.05, 3.63) is 35.4 Å². The van der Waals surface area contributed by atoms with Gasteiger partial charge in [-0.05, 0) is 18.6 Å². The number of aliphatic hydroxyl groups excluding tert-OH is 1. The Morgan fingerprint density at radius 3 is 2.67 bits per heavy atom. The predicted octanol–water partition coefficient (Wildman–Crippen LogP) is 0.758. The number of carbonyl (C=O) groups is 2. The lowest BCUT2D eigenvalue weighted by Gasteiger charge is -2.21. The fourth-order valence-electron chi connectivity index (χ4n) is 1.87. The quantitative estimate of drug-likeness (QED) is 0.758. The second-order valence-electron chi connectivity index (χ2n) is 4.55. The maximum absolute atomic E-state index is 12.6. The zero-order valence-corrected chi connectivity index (χ0v) is 12.1. The van der Waals surface area contributed by atoms with Crippen LogP contribution in [0.3, 0.4) is 0 Å². The molecule has 0 atom stereocenters. The Morgan fingerprint density at radius 2 is 2.05 bits per heavy atom. The molecule has 0 aliphatic carbocycles. The Labute approximate surface area is 124 Å². The Hall–Kier alpha value is -2.32. The zero-order valence-electron chi connectivity index (χ0n) is 12.1. The molecule has 0 saturated heterocycles. The van der Waals surface area contributed by atoms with Gasteiger partial charge in [-0.15, -0.1) is 0 Å². The van der Waals surface area contributed by atoms with Crippen LogP contribution in [-0.4, -0.2) is 41.5 Å². The van der Waals surface area contributed by atoms with E-state index >= 15 is 0 Å². The predicted molar refractivity (Wildman–Crippen MR) is 80.4 cm³/mol. The van der Waals surface area contributed by atoms with Crippen molar-refractivity contribution in [2.75, 3.05) is 19.7 Å². The molecular formula is C16H20N2O3. The molecule has 3 N–H and O–H groups in total. The molecule has 0 spiro atoms. The summed E-state index contributed by atoms with van der Waals surface area (Å²) in [5.74, 6) is 4.45. The van der Waals surface area contributed by atoms with Gasteiger partial charge in [0.1, 0.15) is 6.61 Å². The molecule has 1 rings (SSSR count). The van der Waals surface area contributed by atoms with Gasteiger partial charge in [-0.2, -0.15) is 0 Å². The van der Waals surface area contributed by atoms with Crippen LogP contribution < -0.4 is 5.73 Å². The van der Waals surface area contributed by atoms with Crippen molar-refractivity contribution in [3.8, 4) is 11.8 Å². The Balaban J connectivity index is 3.04. The first-order chi connectivity index (χ1) is 10.1. The summed E-state index contributed by atoms with van der Waals surface area (Å²) in [5, 5.41) is 8.77. The molecule has 1 aromatic carbocycles. The molecule has 2 amide bonds. The summed E-state index contributed by atoms with van der Waals surface area (Å²) >= 11 is 0. The lowest BCUT2D eigenvalue weighted by molar-refractivity contribution is -0.118. The van der Waals surface area contributed by atoms with Crippen LogP contribution in [0, 0.1) is 11.8 Å². The van der Waals surface area contributed by atoms with Gasteiger partial charge in [0.2, 0.25) is 5.91 Å². The number of aliphatic hydroxyl groups is 1. The van der Waals surface area contributed by atoms with Crippen LogP contribution in [-0.2, 0) is 4.79 Å². The summed E-state index contributed by atoms with van der Waals surface area (Å²) in [7, 11) is 0. The van der Waals surface area contributed by atoms with E-state index in [0.717, 1.165) is 12.8 Å². The van der Waals surface area contributed by atoms with Gasteiger partial charge in [0, 0.05) is 12.1 Å². The Kier molecular flexibility index (Phi) is 6.99. The third-order valence-corrected chi connectivity index (χ3v) is 2.88. The molecule has 21 heavy (non-hydrogen) atoms. The van der Waals surface area contributed by atoms with Crippen molar-refractivity contribution in [2.24, 2.45) is 5.73 Å². The van der Waals surface area contributed by atoms with Gasteiger partial charge in [0.25, 0.3) is 5.91 Å². The van der Waals surface area contributed by atoms with Crippen molar-refractivity contribution in [2.45, 2.75) is 19.8 Å². The second kappa shape index (κ2) is 8.77. The van der Waals surface area contributed by atoms with Gasteiger partial charge in [0.05, 0.1) is 12.1 Å². The smallest absolute Gasteiger partial charge is 0.255 e. The summed E-state index contributed by atoms with van der Waals surface area (Å²) < 4.78 is 0. The molecule has 0 aliphatic heterocycles. The number of carbonyl (C=O) groups excluding carboxylic acids is 2. The minimum atomic E-state index is -0.543. The van der Waals surface area contributed by atoms with Gasteiger partial charge in [-0.3, -0.25) is 9.59 Å². The minimum Gasteiger partial charge on any atom is -0.384 e. The molecule has 112 valence electrons. The highest BCUT2D eigenvalue weighted by Gasteiger charge is 2.19. The van der Waals surface area contributed by atoms with E-state index in [1.165, 1.54) is 4.90 Å². The molecule has 5 heteroatoms. The number of amides is 2. The highest BCUT2D eigenvalue weighted by atomic mass is 16.2. The van der Waals surface area contributed by atoms with E-state index in [1.54, 1.807) is 24.3 Å². The van der Waals surface area contributed by atoms with Crippen LogP contribution in [0.25, 0.3) is 0 Å². The molecule has 0 bridgehead atoms. The normalized spacial score (nSPS) is 9.62. The molecule has 0 aliphatic rings. The van der Waals surface area contributed by atoms with Crippen LogP contribution in [0.4, 0.5) is 0 Å². The van der Waals surface area contributed by atoms with E-state index in [1.807, 2.05) is 6.92 Å². The van der Waals surface area contributed by atoms with E-state index in [2.05, 4.69) is 11.8 Å². The summed E-state index contributed by atoms with van der Waals surface area (Å²) in [6, 6.07) is 6.87. The second-order valence-corrected chi connectivity index (χ2v) is 4.55. The monoisotopic (exact) mass is 288 g/mol. The number of rotatable bonds is 6. The van der Waals surface area contributed by atoms with E-state index in [-0.39, 0.29) is 19.1 Å². The van der Waals surface area contributed by atoms with Gasteiger partial charge >= 0.3 is 0 Å². The van der Waals surface area contributed by atoms with Crippen molar-refractivity contribution in [1.82, 2.24) is 4.90 Å². The highest BCUT2D eigenvalue weighted by Crippen LogP contribution is 2.11. The fourth-order valence-corrected chi connectivity index (χ4v) is 1.87. The number of nitrogens with two attached hydrogens (primary N) is 1. The summed E-state index contributed by atoms with van der Waals surface area (Å²) in [5.41, 5.74) is 6.15. The van der Waals surface area contributed by atoms with Crippen molar-refractivity contribution < 1.29 is 14.7 Å². The maximum atomic E-state index is 12.6. The summed E-state index contributed by atoms with van der Waals surface area (Å²) in [4.78, 5) is 25.1. The van der Waals surface area contributed by atoms with Gasteiger partial charge in [-0.1, -0.05) is 37.3 Å². The van der Waals surface area contributed by atoms with E-state index < -0.39 is 5.91 Å². The maximum Gasteiger partial charge on any atom is 0.255 e. The van der Waals surface area contributed by atoms with Crippen molar-refractivity contribution >= 4 is 11.8 Å². The highest BCUT2D eigenvalue weighted by molar-refractivity contribution is 5.98. The molecule has 0 saturated carbocycles. The number of hydrogen-bond acceptors (Lipinski definition) is 3. The van der Waals surface area contributed by atoms with Crippen LogP contribution in [0.5, 0.6) is 0 Å². The first kappa shape index (κ1) is 16.7. The lowest BCUT2D eigenvalue weighted by Crippen LogP contribution is -2.39. The van der Waals surface area contributed by atoms with Crippen molar-refractivity contribution in [3.63, 3.8) is 0 Å². The zero-order chi connectivity index (χ0) is 15.7. The van der Waals surface area contributed by atoms with E-state index in [9.17, 15) is 9.59 Å². The minimum absolute atomic E-state index is 0.111. The van der Waals surface area contributed by atoms with Gasteiger partial charge in [-0.25, -0.2) is 0 Å². The number of primary amides is 1. The molecule has 0 unspecified atom stereocenters. The van der Waals surface area contributed by atoms with E-state index in [4.69, 9.17) is 10.8 Å². The number of benzene rings is 1. The molecule has 0 heterocycles. The van der Waals surface area contributed by atoms with Gasteiger partial charge < -0.3 is 15.7 Å². The fraction of sp³-hybridized carbons (Fsp3) is 0.375.